The first-order valence-electron chi connectivity index (χ1n) is 10.6. The highest BCUT2D eigenvalue weighted by molar-refractivity contribution is 5.94. The third kappa shape index (κ3) is 4.91. The van der Waals surface area contributed by atoms with Crippen molar-refractivity contribution in [3.8, 4) is 5.75 Å². The number of likely N-dealkylation sites (tertiary alicyclic amines) is 1. The molecule has 1 fully saturated rings. The molecule has 8 heteroatoms. The number of hydrogen-bond donors (Lipinski definition) is 2. The van der Waals surface area contributed by atoms with Crippen molar-refractivity contribution in [2.45, 2.75) is 25.9 Å². The van der Waals surface area contributed by atoms with E-state index in [-0.39, 0.29) is 18.4 Å². The lowest BCUT2D eigenvalue weighted by molar-refractivity contribution is -0.135. The average Bonchev–Trinajstić information content (AvgIpc) is 3.37. The van der Waals surface area contributed by atoms with Gasteiger partial charge in [-0.15, -0.1) is 0 Å². The van der Waals surface area contributed by atoms with Gasteiger partial charge in [0.2, 0.25) is 5.91 Å². The molecule has 2 N–H and O–H groups in total. The molecule has 1 aliphatic rings. The summed E-state index contributed by atoms with van der Waals surface area (Å²) < 4.78 is 10.7. The number of ether oxygens (including phenoxy) is 1. The smallest absolute Gasteiger partial charge is 0.279 e. The summed E-state index contributed by atoms with van der Waals surface area (Å²) in [6.45, 7) is 2.48. The van der Waals surface area contributed by atoms with E-state index in [0.717, 1.165) is 10.8 Å². The summed E-state index contributed by atoms with van der Waals surface area (Å²) in [6.07, 6.45) is 3.38. The van der Waals surface area contributed by atoms with Crippen LogP contribution >= 0.6 is 0 Å². The highest BCUT2D eigenvalue weighted by atomic mass is 16.5. The predicted octanol–water partition coefficient (Wildman–Crippen LogP) is 2.90. The third-order valence-electron chi connectivity index (χ3n) is 5.56. The predicted molar refractivity (Wildman–Crippen MR) is 118 cm³/mol. The number of amides is 3. The summed E-state index contributed by atoms with van der Waals surface area (Å²) in [4.78, 5) is 39.1. The molecule has 0 saturated carbocycles. The lowest BCUT2D eigenvalue weighted by Gasteiger charge is -2.31. The standard InChI is InChI=1S/C24H25N3O5/c1-16(32-21-9-8-17-5-2-3-6-18(17)13-21)22(28)25-26-23(29)19-7-4-11-27(14-19)24(30)20-10-12-31-15-20/h2-3,5-6,8-10,12-13,15-16,19H,4,7,11,14H2,1H3,(H,25,28)(H,26,29). The van der Waals surface area contributed by atoms with Gasteiger partial charge in [-0.1, -0.05) is 30.3 Å². The van der Waals surface area contributed by atoms with Gasteiger partial charge < -0.3 is 14.1 Å². The van der Waals surface area contributed by atoms with Gasteiger partial charge in [0.15, 0.2) is 6.10 Å². The number of piperidine rings is 1. The summed E-state index contributed by atoms with van der Waals surface area (Å²) >= 11 is 0. The Kier molecular flexibility index (Phi) is 6.39. The number of benzene rings is 2. The van der Waals surface area contributed by atoms with E-state index in [1.807, 2.05) is 36.4 Å². The SMILES string of the molecule is CC(Oc1ccc2ccccc2c1)C(=O)NNC(=O)C1CCCN(C(=O)c2ccoc2)C1. The van der Waals surface area contributed by atoms with E-state index in [1.165, 1.54) is 12.5 Å². The Morgan fingerprint density at radius 1 is 1.09 bits per heavy atom. The zero-order valence-corrected chi connectivity index (χ0v) is 17.7. The topological polar surface area (TPSA) is 101 Å². The van der Waals surface area contributed by atoms with Crippen LogP contribution in [0.2, 0.25) is 0 Å². The highest BCUT2D eigenvalue weighted by Crippen LogP contribution is 2.22. The second-order valence-electron chi connectivity index (χ2n) is 7.85. The van der Waals surface area contributed by atoms with Crippen LogP contribution in [0.15, 0.2) is 65.5 Å². The van der Waals surface area contributed by atoms with Gasteiger partial charge in [-0.2, -0.15) is 0 Å². The second-order valence-corrected chi connectivity index (χ2v) is 7.85. The molecule has 3 aromatic rings. The van der Waals surface area contributed by atoms with Gasteiger partial charge in [-0.3, -0.25) is 25.2 Å². The van der Waals surface area contributed by atoms with Crippen LogP contribution in [0.3, 0.4) is 0 Å². The Balaban J connectivity index is 1.27. The zero-order chi connectivity index (χ0) is 22.5. The van der Waals surface area contributed by atoms with E-state index in [0.29, 0.717) is 30.7 Å². The second kappa shape index (κ2) is 9.55. The number of fused-ring (bicyclic) bond motifs is 1. The van der Waals surface area contributed by atoms with Gasteiger partial charge in [-0.05, 0) is 48.7 Å². The number of furan rings is 1. The number of nitrogens with zero attached hydrogens (tertiary/aromatic N) is 1. The van der Waals surface area contributed by atoms with Crippen LogP contribution in [0.1, 0.15) is 30.1 Å². The van der Waals surface area contributed by atoms with E-state index < -0.39 is 17.9 Å². The number of nitrogens with one attached hydrogen (secondary N) is 2. The van der Waals surface area contributed by atoms with Gasteiger partial charge in [0.05, 0.1) is 17.7 Å². The normalized spacial score (nSPS) is 16.9. The summed E-state index contributed by atoms with van der Waals surface area (Å²) in [5.74, 6) is -0.803. The van der Waals surface area contributed by atoms with Crippen molar-refractivity contribution in [1.82, 2.24) is 15.8 Å². The summed E-state index contributed by atoms with van der Waals surface area (Å²) in [5, 5.41) is 2.09. The Morgan fingerprint density at radius 3 is 2.69 bits per heavy atom. The maximum atomic E-state index is 12.6. The van der Waals surface area contributed by atoms with Crippen LogP contribution in [0.5, 0.6) is 5.75 Å². The first-order chi connectivity index (χ1) is 15.5. The van der Waals surface area contributed by atoms with Crippen LogP contribution in [0.25, 0.3) is 10.8 Å². The summed E-state index contributed by atoms with van der Waals surface area (Å²) in [7, 11) is 0. The number of carbonyl (C=O) groups is 3. The molecular weight excluding hydrogens is 410 g/mol. The zero-order valence-electron chi connectivity index (χ0n) is 17.7. The van der Waals surface area contributed by atoms with E-state index in [9.17, 15) is 14.4 Å². The number of rotatable bonds is 5. The van der Waals surface area contributed by atoms with Crippen molar-refractivity contribution < 1.29 is 23.5 Å². The first-order valence-corrected chi connectivity index (χ1v) is 10.6. The van der Waals surface area contributed by atoms with E-state index in [1.54, 1.807) is 24.0 Å². The van der Waals surface area contributed by atoms with Gasteiger partial charge in [0.1, 0.15) is 12.0 Å². The number of hydrazine groups is 1. The minimum Gasteiger partial charge on any atom is -0.481 e. The number of hydrogen-bond acceptors (Lipinski definition) is 5. The average molecular weight is 435 g/mol. The van der Waals surface area contributed by atoms with Gasteiger partial charge in [0.25, 0.3) is 11.8 Å². The molecule has 2 aromatic carbocycles. The third-order valence-corrected chi connectivity index (χ3v) is 5.56. The largest absolute Gasteiger partial charge is 0.481 e. The van der Waals surface area contributed by atoms with E-state index >= 15 is 0 Å². The van der Waals surface area contributed by atoms with Crippen molar-refractivity contribution in [2.24, 2.45) is 5.92 Å². The molecule has 0 aliphatic carbocycles. The molecule has 4 rings (SSSR count). The van der Waals surface area contributed by atoms with Gasteiger partial charge in [0, 0.05) is 13.1 Å². The molecule has 32 heavy (non-hydrogen) atoms. The number of carbonyl (C=O) groups excluding carboxylic acids is 3. The lowest BCUT2D eigenvalue weighted by atomic mass is 9.97. The van der Waals surface area contributed by atoms with Crippen molar-refractivity contribution in [3.05, 3.63) is 66.6 Å². The molecule has 2 heterocycles. The Morgan fingerprint density at radius 2 is 1.91 bits per heavy atom. The fraction of sp³-hybridized carbons (Fsp3) is 0.292. The minimum absolute atomic E-state index is 0.169. The van der Waals surface area contributed by atoms with Gasteiger partial charge in [-0.25, -0.2) is 0 Å². The van der Waals surface area contributed by atoms with Crippen molar-refractivity contribution in [2.75, 3.05) is 13.1 Å². The van der Waals surface area contributed by atoms with Gasteiger partial charge >= 0.3 is 0 Å². The van der Waals surface area contributed by atoms with E-state index in [2.05, 4.69) is 10.9 Å². The summed E-state index contributed by atoms with van der Waals surface area (Å²) in [5.41, 5.74) is 5.35. The lowest BCUT2D eigenvalue weighted by Crippen LogP contribution is -2.52. The maximum Gasteiger partial charge on any atom is 0.279 e. The van der Waals surface area contributed by atoms with E-state index in [4.69, 9.17) is 9.15 Å². The molecule has 1 aliphatic heterocycles. The summed E-state index contributed by atoms with van der Waals surface area (Å²) in [6, 6.07) is 15.1. The molecule has 0 bridgehead atoms. The molecule has 2 atom stereocenters. The Hall–Kier alpha value is -3.81. The molecule has 3 amide bonds. The van der Waals surface area contributed by atoms with Crippen LogP contribution in [0, 0.1) is 5.92 Å². The molecule has 166 valence electrons. The molecule has 2 unspecified atom stereocenters. The molecule has 0 radical (unpaired) electrons. The molecule has 8 nitrogen and oxygen atoms in total. The van der Waals surface area contributed by atoms with Crippen LogP contribution < -0.4 is 15.6 Å². The van der Waals surface area contributed by atoms with Crippen molar-refractivity contribution in [1.29, 1.82) is 0 Å². The fourth-order valence-corrected chi connectivity index (χ4v) is 3.77. The van der Waals surface area contributed by atoms with Crippen LogP contribution in [0.4, 0.5) is 0 Å². The molecule has 0 spiro atoms. The van der Waals surface area contributed by atoms with Crippen LogP contribution in [-0.2, 0) is 9.59 Å². The van der Waals surface area contributed by atoms with Crippen molar-refractivity contribution in [3.63, 3.8) is 0 Å². The minimum atomic E-state index is -0.804. The Bertz CT molecular complexity index is 1110. The molecule has 1 aromatic heterocycles. The Labute approximate surface area is 185 Å². The monoisotopic (exact) mass is 435 g/mol. The first kappa shape index (κ1) is 21.4. The van der Waals surface area contributed by atoms with Crippen LogP contribution in [-0.4, -0.2) is 41.8 Å². The maximum absolute atomic E-state index is 12.6. The molecular formula is C24H25N3O5. The highest BCUT2D eigenvalue weighted by Gasteiger charge is 2.29. The quantitative estimate of drug-likeness (QED) is 0.600. The fourth-order valence-electron chi connectivity index (χ4n) is 3.77. The van der Waals surface area contributed by atoms with Crippen molar-refractivity contribution >= 4 is 28.5 Å². The molecule has 1 saturated heterocycles.